The van der Waals surface area contributed by atoms with Crippen LogP contribution in [0.15, 0.2) is 40.5 Å². The first-order valence-electron chi connectivity index (χ1n) is 8.20. The molecule has 2 aromatic heterocycles. The van der Waals surface area contributed by atoms with Crippen molar-refractivity contribution >= 4 is 33.9 Å². The molecule has 0 aliphatic carbocycles. The van der Waals surface area contributed by atoms with Gasteiger partial charge in [0, 0.05) is 17.1 Å². The molecule has 138 valence electrons. The quantitative estimate of drug-likeness (QED) is 0.689. The normalized spacial score (nSPS) is 15.7. The zero-order valence-electron chi connectivity index (χ0n) is 14.3. The van der Waals surface area contributed by atoms with E-state index in [1.54, 1.807) is 24.3 Å². The number of ether oxygens (including phenoxy) is 2. The molecule has 8 nitrogen and oxygen atoms in total. The number of fused-ring (bicyclic) bond motifs is 2. The number of para-hydroxylation sites is 2. The number of hydrogen-bond acceptors (Lipinski definition) is 7. The van der Waals surface area contributed by atoms with E-state index in [2.05, 4.69) is 10.3 Å². The van der Waals surface area contributed by atoms with Crippen LogP contribution in [0, 0.1) is 6.92 Å². The van der Waals surface area contributed by atoms with Crippen LogP contribution in [-0.4, -0.2) is 27.4 Å². The highest BCUT2D eigenvalue weighted by Crippen LogP contribution is 2.29. The molecule has 0 bridgehead atoms. The summed E-state index contributed by atoms with van der Waals surface area (Å²) in [7, 11) is 0. The van der Waals surface area contributed by atoms with Gasteiger partial charge in [-0.05, 0) is 19.1 Å². The molecule has 9 heteroatoms. The lowest BCUT2D eigenvalue weighted by molar-refractivity contribution is -0.149. The molecule has 0 saturated carbocycles. The van der Waals surface area contributed by atoms with Gasteiger partial charge in [0.15, 0.2) is 11.1 Å². The molecule has 0 spiro atoms. The molecular weight excluding hydrogens is 370 g/mol. The first kappa shape index (κ1) is 17.2. The predicted octanol–water partition coefficient (Wildman–Crippen LogP) is 1.90. The maximum Gasteiger partial charge on any atom is 0.310 e. The molecule has 1 N–H and O–H groups in total. The number of nitrogens with zero attached hydrogens (tertiary/aromatic N) is 2. The number of benzene rings is 1. The monoisotopic (exact) mass is 385 g/mol. The maximum absolute atomic E-state index is 12.1. The van der Waals surface area contributed by atoms with E-state index in [4.69, 9.17) is 9.47 Å². The van der Waals surface area contributed by atoms with Crippen molar-refractivity contribution in [2.24, 2.45) is 0 Å². The van der Waals surface area contributed by atoms with Gasteiger partial charge in [0.1, 0.15) is 12.4 Å². The molecule has 0 radical (unpaired) electrons. The predicted molar refractivity (Wildman–Crippen MR) is 98.0 cm³/mol. The second-order valence-electron chi connectivity index (χ2n) is 6.04. The standard InChI is InChI=1S/C18H15N3O5S/c1-10-9-27-18-19-11(6-15(22)21(10)18)8-25-16(23)7-14-17(24)20-12-4-2-3-5-13(12)26-14/h2-6,9,14H,7-8H2,1H3,(H,20,24). The Morgan fingerprint density at radius 1 is 1.37 bits per heavy atom. The van der Waals surface area contributed by atoms with Gasteiger partial charge in [-0.3, -0.25) is 18.8 Å². The molecule has 3 aromatic rings. The minimum absolute atomic E-state index is 0.146. The number of aromatic nitrogens is 2. The van der Waals surface area contributed by atoms with E-state index < -0.39 is 18.0 Å². The molecule has 1 amide bonds. The number of hydrogen-bond donors (Lipinski definition) is 1. The van der Waals surface area contributed by atoms with Crippen molar-refractivity contribution in [3.63, 3.8) is 0 Å². The molecule has 0 saturated heterocycles. The minimum atomic E-state index is -0.964. The van der Waals surface area contributed by atoms with Crippen molar-refractivity contribution in [3.05, 3.63) is 57.5 Å². The number of thiazole rings is 1. The molecule has 1 atom stereocenters. The zero-order valence-corrected chi connectivity index (χ0v) is 15.1. The Balaban J connectivity index is 1.40. The second-order valence-corrected chi connectivity index (χ2v) is 6.87. The highest BCUT2D eigenvalue weighted by atomic mass is 32.1. The summed E-state index contributed by atoms with van der Waals surface area (Å²) in [5, 5.41) is 4.52. The lowest BCUT2D eigenvalue weighted by atomic mass is 10.1. The topological polar surface area (TPSA) is 99.0 Å². The molecule has 4 rings (SSSR count). The van der Waals surface area contributed by atoms with Gasteiger partial charge in [0.25, 0.3) is 11.5 Å². The summed E-state index contributed by atoms with van der Waals surface area (Å²) < 4.78 is 12.2. The smallest absolute Gasteiger partial charge is 0.310 e. The van der Waals surface area contributed by atoms with Crippen molar-refractivity contribution in [1.82, 2.24) is 9.38 Å². The molecule has 27 heavy (non-hydrogen) atoms. The van der Waals surface area contributed by atoms with Gasteiger partial charge < -0.3 is 14.8 Å². The number of nitrogens with one attached hydrogen (secondary N) is 1. The fourth-order valence-electron chi connectivity index (χ4n) is 2.77. The van der Waals surface area contributed by atoms with E-state index in [-0.39, 0.29) is 18.6 Å². The zero-order chi connectivity index (χ0) is 19.0. The summed E-state index contributed by atoms with van der Waals surface area (Å²) in [6.45, 7) is 1.67. The first-order valence-corrected chi connectivity index (χ1v) is 9.08. The van der Waals surface area contributed by atoms with Gasteiger partial charge in [-0.25, -0.2) is 4.98 Å². The summed E-state index contributed by atoms with van der Waals surface area (Å²) >= 11 is 1.34. The number of aryl methyl sites for hydroxylation is 1. The Kier molecular flexibility index (Phi) is 4.36. The van der Waals surface area contributed by atoms with Crippen LogP contribution in [0.5, 0.6) is 5.75 Å². The van der Waals surface area contributed by atoms with Crippen LogP contribution in [0.2, 0.25) is 0 Å². The fraction of sp³-hybridized carbons (Fsp3) is 0.222. The van der Waals surface area contributed by atoms with E-state index in [0.717, 1.165) is 5.69 Å². The lowest BCUT2D eigenvalue weighted by Gasteiger charge is -2.25. The molecule has 0 fully saturated rings. The highest BCUT2D eigenvalue weighted by Gasteiger charge is 2.30. The van der Waals surface area contributed by atoms with Crippen molar-refractivity contribution in [2.45, 2.75) is 26.1 Å². The molecule has 1 aliphatic rings. The van der Waals surface area contributed by atoms with Crippen molar-refractivity contribution < 1.29 is 19.1 Å². The summed E-state index contributed by atoms with van der Waals surface area (Å²) in [5.41, 5.74) is 1.50. The van der Waals surface area contributed by atoms with Crippen molar-refractivity contribution in [2.75, 3.05) is 5.32 Å². The third kappa shape index (κ3) is 3.41. The van der Waals surface area contributed by atoms with Gasteiger partial charge in [-0.2, -0.15) is 0 Å². The largest absolute Gasteiger partial charge is 0.478 e. The third-order valence-electron chi connectivity index (χ3n) is 4.07. The number of esters is 1. The van der Waals surface area contributed by atoms with Gasteiger partial charge in [-0.15, -0.1) is 11.3 Å². The molecular formula is C18H15N3O5S. The Labute approximate surface area is 157 Å². The van der Waals surface area contributed by atoms with Crippen molar-refractivity contribution in [3.8, 4) is 5.75 Å². The van der Waals surface area contributed by atoms with E-state index in [0.29, 0.717) is 22.1 Å². The summed E-state index contributed by atoms with van der Waals surface area (Å²) in [4.78, 5) is 41.1. The number of anilines is 1. The SMILES string of the molecule is Cc1csc2nc(COC(=O)CC3Oc4ccccc4NC3=O)cc(=O)n12. The van der Waals surface area contributed by atoms with E-state index in [9.17, 15) is 14.4 Å². The Morgan fingerprint density at radius 2 is 2.19 bits per heavy atom. The first-order chi connectivity index (χ1) is 13.0. The Morgan fingerprint density at radius 3 is 3.04 bits per heavy atom. The van der Waals surface area contributed by atoms with E-state index in [1.807, 2.05) is 12.3 Å². The molecule has 3 heterocycles. The number of amides is 1. The summed E-state index contributed by atoms with van der Waals surface area (Å²) in [6, 6.07) is 8.31. The number of carbonyl (C=O) groups excluding carboxylic acids is 2. The highest BCUT2D eigenvalue weighted by molar-refractivity contribution is 7.15. The number of rotatable bonds is 4. The number of carbonyl (C=O) groups is 2. The van der Waals surface area contributed by atoms with Crippen LogP contribution in [0.3, 0.4) is 0 Å². The average Bonchev–Trinajstić information content (AvgIpc) is 3.02. The van der Waals surface area contributed by atoms with Crippen LogP contribution < -0.4 is 15.6 Å². The van der Waals surface area contributed by atoms with Gasteiger partial charge >= 0.3 is 5.97 Å². The van der Waals surface area contributed by atoms with Crippen LogP contribution in [0.4, 0.5) is 5.69 Å². The lowest BCUT2D eigenvalue weighted by Crippen LogP contribution is -2.38. The second kappa shape index (κ2) is 6.84. The van der Waals surface area contributed by atoms with Crippen LogP contribution in [-0.2, 0) is 20.9 Å². The van der Waals surface area contributed by atoms with Gasteiger partial charge in [-0.1, -0.05) is 12.1 Å². The maximum atomic E-state index is 12.1. The Hall–Kier alpha value is -3.20. The van der Waals surface area contributed by atoms with Crippen LogP contribution in [0.1, 0.15) is 17.8 Å². The summed E-state index contributed by atoms with van der Waals surface area (Å²) in [5.74, 6) is -0.514. The van der Waals surface area contributed by atoms with Crippen LogP contribution >= 0.6 is 11.3 Å². The fourth-order valence-corrected chi connectivity index (χ4v) is 3.66. The third-order valence-corrected chi connectivity index (χ3v) is 5.01. The average molecular weight is 385 g/mol. The molecule has 1 aromatic carbocycles. The van der Waals surface area contributed by atoms with Gasteiger partial charge in [0.05, 0.1) is 17.8 Å². The molecule has 1 aliphatic heterocycles. The van der Waals surface area contributed by atoms with E-state index in [1.165, 1.54) is 21.8 Å². The van der Waals surface area contributed by atoms with Crippen LogP contribution in [0.25, 0.3) is 4.96 Å². The van der Waals surface area contributed by atoms with Gasteiger partial charge in [0.2, 0.25) is 0 Å². The Bertz CT molecular complexity index is 1100. The minimum Gasteiger partial charge on any atom is -0.478 e. The van der Waals surface area contributed by atoms with E-state index >= 15 is 0 Å². The van der Waals surface area contributed by atoms with Crippen molar-refractivity contribution in [1.29, 1.82) is 0 Å². The molecule has 1 unspecified atom stereocenters. The summed E-state index contributed by atoms with van der Waals surface area (Å²) in [6.07, 6.45) is -1.20.